The lowest BCUT2D eigenvalue weighted by atomic mass is 9.98. The Kier molecular flexibility index (Phi) is 7.31. The minimum absolute atomic E-state index is 0. The Morgan fingerprint density at radius 3 is 2.80 bits per heavy atom. The first-order valence-electron chi connectivity index (χ1n) is 8.15. The van der Waals surface area contributed by atoms with Crippen molar-refractivity contribution in [2.75, 3.05) is 25.5 Å². The van der Waals surface area contributed by atoms with Gasteiger partial charge < -0.3 is 15.4 Å². The topological polar surface area (TPSA) is 76.1 Å². The lowest BCUT2D eigenvalue weighted by molar-refractivity contribution is 0.102. The van der Waals surface area contributed by atoms with Gasteiger partial charge in [0, 0.05) is 18.7 Å². The first-order chi connectivity index (χ1) is 11.7. The average molecular weight is 363 g/mol. The Bertz CT molecular complexity index is 688. The Hall–Kier alpha value is -2.02. The highest BCUT2D eigenvalue weighted by Crippen LogP contribution is 2.16. The fraction of sp³-hybridized carbons (Fsp3) is 0.389. The predicted molar refractivity (Wildman–Crippen MR) is 99.1 cm³/mol. The Balaban J connectivity index is 0.00000225. The van der Waals surface area contributed by atoms with Crippen molar-refractivity contribution in [3.63, 3.8) is 0 Å². The summed E-state index contributed by atoms with van der Waals surface area (Å²) in [4.78, 5) is 20.5. The summed E-state index contributed by atoms with van der Waals surface area (Å²) in [5.74, 6) is 0.999. The molecular weight excluding hydrogens is 340 g/mol. The lowest BCUT2D eigenvalue weighted by Gasteiger charge is -2.09. The summed E-state index contributed by atoms with van der Waals surface area (Å²) in [6.45, 7) is 2.57. The largest absolute Gasteiger partial charge is 0.378 e. The molecule has 1 aliphatic heterocycles. The Labute approximate surface area is 153 Å². The van der Waals surface area contributed by atoms with Gasteiger partial charge in [0.15, 0.2) is 0 Å². The van der Waals surface area contributed by atoms with Crippen LogP contribution < -0.4 is 10.6 Å². The van der Waals surface area contributed by atoms with E-state index in [0.717, 1.165) is 25.2 Å². The molecule has 1 aromatic carbocycles. The van der Waals surface area contributed by atoms with Crippen molar-refractivity contribution >= 4 is 24.1 Å². The summed E-state index contributed by atoms with van der Waals surface area (Å²) < 4.78 is 5.03. The van der Waals surface area contributed by atoms with Crippen LogP contribution in [-0.4, -0.2) is 36.1 Å². The third-order valence-electron chi connectivity index (χ3n) is 4.16. The number of carbonyl (C=O) groups excluding carboxylic acids is 1. The number of amides is 1. The molecule has 1 aromatic heterocycles. The van der Waals surface area contributed by atoms with Crippen LogP contribution >= 0.6 is 12.4 Å². The molecule has 1 unspecified atom stereocenters. The van der Waals surface area contributed by atoms with Crippen LogP contribution in [0.2, 0.25) is 0 Å². The average Bonchev–Trinajstić information content (AvgIpc) is 3.09. The maximum Gasteiger partial charge on any atom is 0.256 e. The quantitative estimate of drug-likeness (QED) is 0.825. The number of carbonyl (C=O) groups is 1. The second-order valence-electron chi connectivity index (χ2n) is 6.04. The van der Waals surface area contributed by atoms with Gasteiger partial charge in [-0.3, -0.25) is 4.79 Å². The molecule has 7 heteroatoms. The normalized spacial score (nSPS) is 16.3. The van der Waals surface area contributed by atoms with E-state index in [9.17, 15) is 4.79 Å². The third-order valence-corrected chi connectivity index (χ3v) is 4.16. The van der Waals surface area contributed by atoms with Gasteiger partial charge >= 0.3 is 0 Å². The second kappa shape index (κ2) is 9.46. The van der Waals surface area contributed by atoms with Crippen LogP contribution in [0.3, 0.4) is 0 Å². The monoisotopic (exact) mass is 362 g/mol. The third kappa shape index (κ3) is 5.49. The van der Waals surface area contributed by atoms with E-state index in [1.165, 1.54) is 18.3 Å². The van der Waals surface area contributed by atoms with Crippen LogP contribution in [0.5, 0.6) is 0 Å². The molecule has 1 atom stereocenters. The summed E-state index contributed by atoms with van der Waals surface area (Å²) in [5.41, 5.74) is 2.61. The molecule has 3 rings (SSSR count). The molecular formula is C18H23ClN4O2. The Morgan fingerprint density at radius 1 is 1.32 bits per heavy atom. The summed E-state index contributed by atoms with van der Waals surface area (Å²) >= 11 is 0. The zero-order valence-corrected chi connectivity index (χ0v) is 15.0. The summed E-state index contributed by atoms with van der Waals surface area (Å²) in [5, 5.41) is 6.17. The van der Waals surface area contributed by atoms with Crippen LogP contribution in [0, 0.1) is 5.92 Å². The standard InChI is InChI=1S/C18H22N4O2.ClH/c1-24-11-16-9-17(21-12-20-16)22-18(23)15-4-2-13(3-5-15)8-14-6-7-19-10-14;/h2-5,9,12,14,19H,6-8,10-11H2,1H3,(H,20,21,22,23);1H. The van der Waals surface area contributed by atoms with E-state index in [4.69, 9.17) is 4.74 Å². The predicted octanol–water partition coefficient (Wildman–Crippen LogP) is 2.45. The van der Waals surface area contributed by atoms with Gasteiger partial charge in [-0.15, -0.1) is 12.4 Å². The maximum atomic E-state index is 12.3. The molecule has 1 saturated heterocycles. The van der Waals surface area contributed by atoms with Gasteiger partial charge in [0.2, 0.25) is 0 Å². The van der Waals surface area contributed by atoms with E-state index in [1.807, 2.05) is 24.3 Å². The van der Waals surface area contributed by atoms with E-state index in [0.29, 0.717) is 23.9 Å². The van der Waals surface area contributed by atoms with E-state index >= 15 is 0 Å². The second-order valence-corrected chi connectivity index (χ2v) is 6.04. The van der Waals surface area contributed by atoms with Gasteiger partial charge in [0.1, 0.15) is 12.1 Å². The number of nitrogens with zero attached hydrogens (tertiary/aromatic N) is 2. The SMILES string of the molecule is COCc1cc(NC(=O)c2ccc(CC3CCNC3)cc2)ncn1.Cl. The fourth-order valence-electron chi connectivity index (χ4n) is 2.90. The number of halogens is 1. The van der Waals surface area contributed by atoms with Gasteiger partial charge in [0.05, 0.1) is 12.3 Å². The summed E-state index contributed by atoms with van der Waals surface area (Å²) in [7, 11) is 1.60. The minimum atomic E-state index is -0.175. The fourth-order valence-corrected chi connectivity index (χ4v) is 2.90. The molecule has 0 bridgehead atoms. The lowest BCUT2D eigenvalue weighted by Crippen LogP contribution is -2.14. The minimum Gasteiger partial charge on any atom is -0.378 e. The van der Waals surface area contributed by atoms with Crippen LogP contribution in [0.1, 0.15) is 28.0 Å². The molecule has 2 N–H and O–H groups in total. The number of aromatic nitrogens is 2. The van der Waals surface area contributed by atoms with Crippen molar-refractivity contribution in [3.05, 3.63) is 53.5 Å². The molecule has 6 nitrogen and oxygen atoms in total. The van der Waals surface area contributed by atoms with Crippen molar-refractivity contribution in [2.45, 2.75) is 19.4 Å². The van der Waals surface area contributed by atoms with E-state index in [-0.39, 0.29) is 18.3 Å². The van der Waals surface area contributed by atoms with Crippen molar-refractivity contribution < 1.29 is 9.53 Å². The smallest absolute Gasteiger partial charge is 0.256 e. The van der Waals surface area contributed by atoms with E-state index in [2.05, 4.69) is 20.6 Å². The summed E-state index contributed by atoms with van der Waals surface area (Å²) in [6, 6.07) is 9.50. The van der Waals surface area contributed by atoms with E-state index in [1.54, 1.807) is 13.2 Å². The molecule has 1 aliphatic rings. The van der Waals surface area contributed by atoms with Crippen LogP contribution in [0.25, 0.3) is 0 Å². The molecule has 0 saturated carbocycles. The van der Waals surface area contributed by atoms with Gasteiger partial charge in [0.25, 0.3) is 5.91 Å². The molecule has 0 radical (unpaired) electrons. The molecule has 134 valence electrons. The zero-order valence-electron chi connectivity index (χ0n) is 14.2. The van der Waals surface area contributed by atoms with Gasteiger partial charge in [-0.1, -0.05) is 12.1 Å². The number of nitrogens with one attached hydrogen (secondary N) is 2. The van der Waals surface area contributed by atoms with Crippen molar-refractivity contribution in [2.24, 2.45) is 5.92 Å². The summed E-state index contributed by atoms with van der Waals surface area (Å²) in [6.07, 6.45) is 3.70. The first kappa shape index (κ1) is 19.3. The highest BCUT2D eigenvalue weighted by molar-refractivity contribution is 6.03. The Morgan fingerprint density at radius 2 is 2.12 bits per heavy atom. The molecule has 2 aromatic rings. The van der Waals surface area contributed by atoms with Gasteiger partial charge in [-0.05, 0) is 49.5 Å². The van der Waals surface area contributed by atoms with Crippen molar-refractivity contribution in [3.8, 4) is 0 Å². The van der Waals surface area contributed by atoms with Gasteiger partial charge in [-0.2, -0.15) is 0 Å². The molecule has 1 amide bonds. The molecule has 2 heterocycles. The van der Waals surface area contributed by atoms with Gasteiger partial charge in [-0.25, -0.2) is 9.97 Å². The number of rotatable bonds is 6. The number of methoxy groups -OCH3 is 1. The number of ether oxygens (including phenoxy) is 1. The van der Waals surface area contributed by atoms with E-state index < -0.39 is 0 Å². The molecule has 1 fully saturated rings. The zero-order chi connectivity index (χ0) is 16.8. The maximum absolute atomic E-state index is 12.3. The highest BCUT2D eigenvalue weighted by Gasteiger charge is 2.15. The highest BCUT2D eigenvalue weighted by atomic mass is 35.5. The number of anilines is 1. The number of hydrogen-bond acceptors (Lipinski definition) is 5. The first-order valence-corrected chi connectivity index (χ1v) is 8.15. The number of benzene rings is 1. The van der Waals surface area contributed by atoms with Crippen molar-refractivity contribution in [1.82, 2.24) is 15.3 Å². The van der Waals surface area contributed by atoms with Crippen LogP contribution in [0.15, 0.2) is 36.7 Å². The molecule has 25 heavy (non-hydrogen) atoms. The molecule has 0 aliphatic carbocycles. The number of hydrogen-bond donors (Lipinski definition) is 2. The molecule has 0 spiro atoms. The van der Waals surface area contributed by atoms with Crippen molar-refractivity contribution in [1.29, 1.82) is 0 Å². The van der Waals surface area contributed by atoms with Crippen LogP contribution in [0.4, 0.5) is 5.82 Å². The van der Waals surface area contributed by atoms with Crippen LogP contribution in [-0.2, 0) is 17.8 Å².